The summed E-state index contributed by atoms with van der Waals surface area (Å²) < 4.78 is 0. The van der Waals surface area contributed by atoms with Gasteiger partial charge >= 0.3 is 0 Å². The molecule has 1 heteroatoms. The second-order valence-corrected chi connectivity index (χ2v) is 2.56. The Kier molecular flexibility index (Phi) is 78.3. The molecule has 0 aromatic heterocycles. The van der Waals surface area contributed by atoms with E-state index in [1.165, 1.54) is 38.5 Å². The third kappa shape index (κ3) is 56.2. The van der Waals surface area contributed by atoms with Crippen LogP contribution in [-0.2, 0) is 0 Å². The van der Waals surface area contributed by atoms with Gasteiger partial charge in [0.1, 0.15) is 0 Å². The lowest BCUT2D eigenvalue weighted by Gasteiger charge is -1.96. The monoisotopic (exact) mass is 219 g/mol. The Balaban J connectivity index is -0.0000000860. The van der Waals surface area contributed by atoms with Crippen molar-refractivity contribution in [2.75, 3.05) is 6.54 Å². The molecule has 0 saturated heterocycles. The van der Waals surface area contributed by atoms with Gasteiger partial charge in [0.25, 0.3) is 0 Å². The van der Waals surface area contributed by atoms with Crippen molar-refractivity contribution in [3.63, 3.8) is 0 Å². The van der Waals surface area contributed by atoms with Gasteiger partial charge in [-0.2, -0.15) is 0 Å². The van der Waals surface area contributed by atoms with Gasteiger partial charge in [-0.25, -0.2) is 0 Å². The average Bonchev–Trinajstić information content (AvgIpc) is 2.37. The molecule has 0 atom stereocenters. The molecular formula is C14H37N. The minimum absolute atomic E-state index is 0.867. The highest BCUT2D eigenvalue weighted by Gasteiger charge is 1.85. The smallest absolute Gasteiger partial charge is 0.00773 e. The first-order valence-electron chi connectivity index (χ1n) is 7.12. The molecule has 2 N–H and O–H groups in total. The molecule has 0 rings (SSSR count). The fraction of sp³-hybridized carbons (Fsp3) is 1.00. The highest BCUT2D eigenvalue weighted by atomic mass is 14.5. The summed E-state index contributed by atoms with van der Waals surface area (Å²) in [6, 6.07) is 0. The molecule has 0 aromatic carbocycles. The molecular weight excluding hydrogens is 182 g/mol. The highest BCUT2D eigenvalue weighted by Crippen LogP contribution is 2.03. The first-order chi connectivity index (χ1) is 7.41. The first-order valence-corrected chi connectivity index (χ1v) is 7.12. The Hall–Kier alpha value is -0.0400. The maximum Gasteiger partial charge on any atom is -0.00773 e. The summed E-state index contributed by atoms with van der Waals surface area (Å²) in [4.78, 5) is 0. The van der Waals surface area contributed by atoms with Crippen molar-refractivity contribution in [3.8, 4) is 0 Å². The Morgan fingerprint density at radius 2 is 0.933 bits per heavy atom. The molecule has 0 aliphatic heterocycles. The number of rotatable bonds is 6. The lowest BCUT2D eigenvalue weighted by Crippen LogP contribution is -1.97. The van der Waals surface area contributed by atoms with E-state index in [-0.39, 0.29) is 0 Å². The maximum absolute atomic E-state index is 5.34. The van der Waals surface area contributed by atoms with Gasteiger partial charge in [0.05, 0.1) is 0 Å². The van der Waals surface area contributed by atoms with E-state index in [2.05, 4.69) is 6.92 Å². The van der Waals surface area contributed by atoms with Crippen molar-refractivity contribution in [1.82, 2.24) is 0 Å². The normalized spacial score (nSPS) is 7.20. The molecule has 0 aliphatic carbocycles. The number of nitrogens with two attached hydrogens (primary N) is 1. The summed E-state index contributed by atoms with van der Waals surface area (Å²) in [5.41, 5.74) is 5.34. The predicted molar refractivity (Wildman–Crippen MR) is 76.5 cm³/mol. The second kappa shape index (κ2) is 48.4. The third-order valence-electron chi connectivity index (χ3n) is 1.56. The van der Waals surface area contributed by atoms with Crippen molar-refractivity contribution in [2.24, 2.45) is 5.73 Å². The van der Waals surface area contributed by atoms with Crippen LogP contribution in [0.2, 0.25) is 0 Å². The third-order valence-corrected chi connectivity index (χ3v) is 1.56. The predicted octanol–water partition coefficient (Wildman–Crippen LogP) is 5.38. The topological polar surface area (TPSA) is 26.0 Å². The molecule has 0 aromatic rings. The molecule has 0 unspecified atom stereocenters. The number of unbranched alkanes of at least 4 members (excludes halogenated alkanes) is 5. The Labute approximate surface area is 99.8 Å². The first kappa shape index (κ1) is 24.3. The van der Waals surface area contributed by atoms with E-state index in [0.29, 0.717) is 0 Å². The van der Waals surface area contributed by atoms with Crippen molar-refractivity contribution in [2.45, 2.75) is 87.0 Å². The molecule has 0 spiro atoms. The van der Waals surface area contributed by atoms with Crippen molar-refractivity contribution >= 4 is 0 Å². The molecule has 0 saturated carbocycles. The highest BCUT2D eigenvalue weighted by molar-refractivity contribution is 4.43. The lowest BCUT2D eigenvalue weighted by molar-refractivity contribution is 0.612. The zero-order valence-corrected chi connectivity index (χ0v) is 12.5. The Morgan fingerprint density at radius 3 is 1.27 bits per heavy atom. The Bertz CT molecular complexity index is 38.6. The van der Waals surface area contributed by atoms with Gasteiger partial charge < -0.3 is 5.73 Å². The summed E-state index contributed by atoms with van der Waals surface area (Å²) in [5.74, 6) is 0. The van der Waals surface area contributed by atoms with Crippen LogP contribution in [0.25, 0.3) is 0 Å². The fourth-order valence-electron chi connectivity index (χ4n) is 0.925. The van der Waals surface area contributed by atoms with E-state index in [0.717, 1.165) is 6.54 Å². The number of hydrogen-bond acceptors (Lipinski definition) is 1. The number of hydrogen-bond donors (Lipinski definition) is 1. The minimum atomic E-state index is 0.867. The van der Waals surface area contributed by atoms with Gasteiger partial charge in [0, 0.05) is 0 Å². The average molecular weight is 219 g/mol. The van der Waals surface area contributed by atoms with Gasteiger partial charge in [-0.05, 0) is 13.0 Å². The molecule has 0 fully saturated rings. The van der Waals surface area contributed by atoms with E-state index in [1.807, 2.05) is 41.5 Å². The van der Waals surface area contributed by atoms with Crippen LogP contribution >= 0.6 is 0 Å². The van der Waals surface area contributed by atoms with Crippen LogP contribution in [0.1, 0.15) is 87.0 Å². The standard InChI is InChI=1S/C8H19N.3C2H6/c1-2-3-4-5-6-7-8-9;3*1-2/h2-9H2,1H3;3*1-2H3. The fourth-order valence-corrected chi connectivity index (χ4v) is 0.925. The van der Waals surface area contributed by atoms with Crippen LogP contribution in [0.5, 0.6) is 0 Å². The van der Waals surface area contributed by atoms with Gasteiger partial charge in [0.2, 0.25) is 0 Å². The molecule has 0 radical (unpaired) electrons. The van der Waals surface area contributed by atoms with E-state index < -0.39 is 0 Å². The SMILES string of the molecule is CC.CC.CC.CCCCCCCCN. The van der Waals surface area contributed by atoms with Gasteiger partial charge in [-0.15, -0.1) is 0 Å². The molecule has 0 amide bonds. The van der Waals surface area contributed by atoms with E-state index in [4.69, 9.17) is 5.73 Å². The van der Waals surface area contributed by atoms with Crippen LogP contribution in [0.4, 0.5) is 0 Å². The van der Waals surface area contributed by atoms with Crippen LogP contribution in [-0.4, -0.2) is 6.54 Å². The summed E-state index contributed by atoms with van der Waals surface area (Å²) in [5, 5.41) is 0. The summed E-state index contributed by atoms with van der Waals surface area (Å²) >= 11 is 0. The van der Waals surface area contributed by atoms with E-state index >= 15 is 0 Å². The summed E-state index contributed by atoms with van der Waals surface area (Å²) in [6.45, 7) is 15.1. The van der Waals surface area contributed by atoms with Gasteiger partial charge in [-0.1, -0.05) is 80.6 Å². The zero-order chi connectivity index (χ0) is 12.9. The molecule has 98 valence electrons. The van der Waals surface area contributed by atoms with Crippen LogP contribution in [0, 0.1) is 0 Å². The second-order valence-electron chi connectivity index (χ2n) is 2.56. The van der Waals surface area contributed by atoms with Gasteiger partial charge in [-0.3, -0.25) is 0 Å². The molecule has 0 heterocycles. The summed E-state index contributed by atoms with van der Waals surface area (Å²) in [7, 11) is 0. The summed E-state index contributed by atoms with van der Waals surface area (Å²) in [6.07, 6.45) is 8.05. The molecule has 1 nitrogen and oxygen atoms in total. The largest absolute Gasteiger partial charge is 0.330 e. The van der Waals surface area contributed by atoms with Crippen LogP contribution in [0.15, 0.2) is 0 Å². The van der Waals surface area contributed by atoms with Crippen molar-refractivity contribution in [3.05, 3.63) is 0 Å². The van der Waals surface area contributed by atoms with Crippen LogP contribution < -0.4 is 5.73 Å². The van der Waals surface area contributed by atoms with Crippen LogP contribution in [0.3, 0.4) is 0 Å². The maximum atomic E-state index is 5.34. The van der Waals surface area contributed by atoms with E-state index in [1.54, 1.807) is 0 Å². The lowest BCUT2D eigenvalue weighted by atomic mass is 10.1. The van der Waals surface area contributed by atoms with Crippen molar-refractivity contribution < 1.29 is 0 Å². The minimum Gasteiger partial charge on any atom is -0.330 e. The zero-order valence-electron chi connectivity index (χ0n) is 12.5. The quantitative estimate of drug-likeness (QED) is 0.596. The van der Waals surface area contributed by atoms with Gasteiger partial charge in [0.15, 0.2) is 0 Å². The van der Waals surface area contributed by atoms with Crippen molar-refractivity contribution in [1.29, 1.82) is 0 Å². The Morgan fingerprint density at radius 1 is 0.600 bits per heavy atom. The molecule has 0 bridgehead atoms. The van der Waals surface area contributed by atoms with E-state index in [9.17, 15) is 0 Å². The molecule has 15 heavy (non-hydrogen) atoms. The molecule has 0 aliphatic rings.